The van der Waals surface area contributed by atoms with Gasteiger partial charge in [-0.15, -0.1) is 0 Å². The first-order valence-electron chi connectivity index (χ1n) is 8.01. The van der Waals surface area contributed by atoms with E-state index in [1.54, 1.807) is 4.90 Å². The Labute approximate surface area is 154 Å². The summed E-state index contributed by atoms with van der Waals surface area (Å²) in [6.07, 6.45) is 2.92. The molecule has 0 aliphatic carbocycles. The normalized spacial score (nSPS) is 15.3. The molecule has 132 valence electrons. The van der Waals surface area contributed by atoms with Crippen molar-refractivity contribution in [2.75, 3.05) is 26.2 Å². The van der Waals surface area contributed by atoms with Crippen molar-refractivity contribution < 1.29 is 14.7 Å². The van der Waals surface area contributed by atoms with Gasteiger partial charge in [0.15, 0.2) is 0 Å². The second-order valence-electron chi connectivity index (χ2n) is 6.02. The van der Waals surface area contributed by atoms with E-state index in [2.05, 4.69) is 38.1 Å². The van der Waals surface area contributed by atoms with Gasteiger partial charge in [0.25, 0.3) is 5.91 Å². The standard InChI is InChI=1S/C17H19BrN4O3/c18-15-3-1-2-13(8-15)10-20-4-6-21(7-5-20)17(25)14-9-19-22(11-14)12-16(23)24/h1-3,8-9,11H,4-7,10,12H2,(H,23,24). The largest absolute Gasteiger partial charge is 0.480 e. The molecule has 1 N–H and O–H groups in total. The number of aromatic nitrogens is 2. The van der Waals surface area contributed by atoms with Crippen molar-refractivity contribution in [2.45, 2.75) is 13.1 Å². The van der Waals surface area contributed by atoms with Crippen LogP contribution in [-0.2, 0) is 17.9 Å². The molecule has 0 atom stereocenters. The molecule has 0 unspecified atom stereocenters. The Morgan fingerprint density at radius 3 is 2.64 bits per heavy atom. The van der Waals surface area contributed by atoms with Crippen LogP contribution in [-0.4, -0.2) is 62.7 Å². The second-order valence-corrected chi connectivity index (χ2v) is 6.93. The number of carboxylic acid groups (broad SMARTS) is 1. The van der Waals surface area contributed by atoms with Crippen molar-refractivity contribution in [3.8, 4) is 0 Å². The molecule has 1 saturated heterocycles. The molecule has 1 aliphatic rings. The van der Waals surface area contributed by atoms with Crippen LogP contribution in [0.4, 0.5) is 0 Å². The molecule has 1 aromatic heterocycles. The fourth-order valence-corrected chi connectivity index (χ4v) is 3.33. The average Bonchev–Trinajstić information content (AvgIpc) is 3.02. The lowest BCUT2D eigenvalue weighted by atomic mass is 10.2. The van der Waals surface area contributed by atoms with E-state index in [1.807, 2.05) is 12.1 Å². The smallest absolute Gasteiger partial charge is 0.325 e. The minimum absolute atomic E-state index is 0.0984. The Balaban J connectivity index is 1.54. The highest BCUT2D eigenvalue weighted by Crippen LogP contribution is 2.15. The molecular weight excluding hydrogens is 388 g/mol. The fourth-order valence-electron chi connectivity index (χ4n) is 2.88. The van der Waals surface area contributed by atoms with Crippen LogP contribution in [0.2, 0.25) is 0 Å². The molecule has 1 amide bonds. The van der Waals surface area contributed by atoms with Gasteiger partial charge in [-0.1, -0.05) is 28.1 Å². The van der Waals surface area contributed by atoms with E-state index in [0.717, 1.165) is 24.1 Å². The molecule has 0 spiro atoms. The van der Waals surface area contributed by atoms with E-state index in [0.29, 0.717) is 18.7 Å². The van der Waals surface area contributed by atoms with E-state index in [1.165, 1.54) is 22.6 Å². The van der Waals surface area contributed by atoms with Gasteiger partial charge in [0.1, 0.15) is 6.54 Å². The van der Waals surface area contributed by atoms with Crippen molar-refractivity contribution in [3.05, 3.63) is 52.3 Å². The number of hydrogen-bond acceptors (Lipinski definition) is 4. The van der Waals surface area contributed by atoms with Gasteiger partial charge >= 0.3 is 5.97 Å². The minimum Gasteiger partial charge on any atom is -0.480 e. The van der Waals surface area contributed by atoms with Gasteiger partial charge in [-0.25, -0.2) is 0 Å². The maximum atomic E-state index is 12.5. The van der Waals surface area contributed by atoms with E-state index >= 15 is 0 Å². The zero-order valence-electron chi connectivity index (χ0n) is 13.6. The van der Waals surface area contributed by atoms with Crippen LogP contribution in [0.15, 0.2) is 41.1 Å². The zero-order valence-corrected chi connectivity index (χ0v) is 15.2. The summed E-state index contributed by atoms with van der Waals surface area (Å²) >= 11 is 3.48. The summed E-state index contributed by atoms with van der Waals surface area (Å²) in [4.78, 5) is 27.3. The molecule has 1 aliphatic heterocycles. The summed E-state index contributed by atoms with van der Waals surface area (Å²) in [5.74, 6) is -1.08. The number of rotatable bonds is 5. The van der Waals surface area contributed by atoms with Crippen LogP contribution < -0.4 is 0 Å². The number of carboxylic acids is 1. The summed E-state index contributed by atoms with van der Waals surface area (Å²) in [6, 6.07) is 8.23. The van der Waals surface area contributed by atoms with Crippen LogP contribution in [0.5, 0.6) is 0 Å². The van der Waals surface area contributed by atoms with Crippen molar-refractivity contribution in [1.29, 1.82) is 0 Å². The predicted molar refractivity (Wildman–Crippen MR) is 95.2 cm³/mol. The highest BCUT2D eigenvalue weighted by Gasteiger charge is 2.23. The predicted octanol–water partition coefficient (Wildman–Crippen LogP) is 1.69. The molecule has 1 aromatic carbocycles. The van der Waals surface area contributed by atoms with Gasteiger partial charge in [-0.05, 0) is 17.7 Å². The Morgan fingerprint density at radius 1 is 1.20 bits per heavy atom. The molecule has 2 heterocycles. The van der Waals surface area contributed by atoms with Crippen LogP contribution in [0.1, 0.15) is 15.9 Å². The number of aliphatic carboxylic acids is 1. The quantitative estimate of drug-likeness (QED) is 0.816. The first-order valence-corrected chi connectivity index (χ1v) is 8.81. The van der Waals surface area contributed by atoms with Gasteiger partial charge in [0, 0.05) is 43.4 Å². The summed E-state index contributed by atoms with van der Waals surface area (Å²) in [7, 11) is 0. The van der Waals surface area contributed by atoms with E-state index in [4.69, 9.17) is 5.11 Å². The zero-order chi connectivity index (χ0) is 17.8. The van der Waals surface area contributed by atoms with Gasteiger partial charge < -0.3 is 10.0 Å². The number of amides is 1. The molecular formula is C17H19BrN4O3. The first-order chi connectivity index (χ1) is 12.0. The number of halogens is 1. The third-order valence-electron chi connectivity index (χ3n) is 4.13. The topological polar surface area (TPSA) is 78.7 Å². The Hall–Kier alpha value is -2.19. The lowest BCUT2D eigenvalue weighted by Crippen LogP contribution is -2.48. The molecule has 25 heavy (non-hydrogen) atoms. The molecule has 0 radical (unpaired) electrons. The number of hydrogen-bond donors (Lipinski definition) is 1. The van der Waals surface area contributed by atoms with Crippen molar-refractivity contribution in [1.82, 2.24) is 19.6 Å². The number of nitrogens with zero attached hydrogens (tertiary/aromatic N) is 4. The van der Waals surface area contributed by atoms with Gasteiger partial charge in [-0.2, -0.15) is 5.10 Å². The van der Waals surface area contributed by atoms with Gasteiger partial charge in [-0.3, -0.25) is 19.2 Å². The van der Waals surface area contributed by atoms with Crippen LogP contribution in [0.25, 0.3) is 0 Å². The van der Waals surface area contributed by atoms with Gasteiger partial charge in [0.2, 0.25) is 0 Å². The third kappa shape index (κ3) is 4.67. The fraction of sp³-hybridized carbons (Fsp3) is 0.353. The number of benzene rings is 1. The van der Waals surface area contributed by atoms with Crippen LogP contribution in [0, 0.1) is 0 Å². The molecule has 3 rings (SSSR count). The van der Waals surface area contributed by atoms with E-state index < -0.39 is 5.97 Å². The SMILES string of the molecule is O=C(O)Cn1cc(C(=O)N2CCN(Cc3cccc(Br)c3)CC2)cn1. The Morgan fingerprint density at radius 2 is 1.96 bits per heavy atom. The highest BCUT2D eigenvalue weighted by molar-refractivity contribution is 9.10. The van der Waals surface area contributed by atoms with Crippen LogP contribution >= 0.6 is 15.9 Å². The average molecular weight is 407 g/mol. The molecule has 1 fully saturated rings. The maximum Gasteiger partial charge on any atom is 0.325 e. The minimum atomic E-state index is -0.983. The molecule has 7 nitrogen and oxygen atoms in total. The first kappa shape index (κ1) is 17.6. The number of carbonyl (C=O) groups excluding carboxylic acids is 1. The van der Waals surface area contributed by atoms with Gasteiger partial charge in [0.05, 0.1) is 11.8 Å². The molecule has 0 bridgehead atoms. The van der Waals surface area contributed by atoms with Crippen molar-refractivity contribution in [3.63, 3.8) is 0 Å². The lowest BCUT2D eigenvalue weighted by Gasteiger charge is -2.34. The number of piperazine rings is 1. The summed E-state index contributed by atoms with van der Waals surface area (Å²) in [6.45, 7) is 3.53. The molecule has 0 saturated carbocycles. The van der Waals surface area contributed by atoms with E-state index in [-0.39, 0.29) is 12.5 Å². The lowest BCUT2D eigenvalue weighted by molar-refractivity contribution is -0.137. The molecule has 8 heteroatoms. The number of carbonyl (C=O) groups is 2. The summed E-state index contributed by atoms with van der Waals surface area (Å²) in [5.41, 5.74) is 1.67. The van der Waals surface area contributed by atoms with Crippen molar-refractivity contribution in [2.24, 2.45) is 0 Å². The van der Waals surface area contributed by atoms with Crippen molar-refractivity contribution >= 4 is 27.8 Å². The summed E-state index contributed by atoms with van der Waals surface area (Å²) in [5, 5.41) is 12.7. The molecule has 2 aromatic rings. The third-order valence-corrected chi connectivity index (χ3v) is 4.63. The van der Waals surface area contributed by atoms with E-state index in [9.17, 15) is 9.59 Å². The Kier molecular flexibility index (Phi) is 5.50. The van der Waals surface area contributed by atoms with Crippen LogP contribution in [0.3, 0.4) is 0 Å². The highest BCUT2D eigenvalue weighted by atomic mass is 79.9. The summed E-state index contributed by atoms with van der Waals surface area (Å²) < 4.78 is 2.33. The monoisotopic (exact) mass is 406 g/mol. The Bertz CT molecular complexity index is 769. The second kappa shape index (κ2) is 7.79. The maximum absolute atomic E-state index is 12.5.